The summed E-state index contributed by atoms with van der Waals surface area (Å²) in [5.41, 5.74) is 3.82. The summed E-state index contributed by atoms with van der Waals surface area (Å²) in [6, 6.07) is 3.43. The Morgan fingerprint density at radius 3 is 2.75 bits per heavy atom. The van der Waals surface area contributed by atoms with Gasteiger partial charge in [0, 0.05) is 42.7 Å². The highest BCUT2D eigenvalue weighted by Gasteiger charge is 2.22. The maximum Gasteiger partial charge on any atom is 0.133 e. The second-order valence-corrected chi connectivity index (χ2v) is 6.86. The van der Waals surface area contributed by atoms with Crippen LogP contribution in [0.1, 0.15) is 36.6 Å². The number of hydrogen-bond donors (Lipinski definition) is 1. The average molecular weight is 293 g/mol. The molecule has 1 fully saturated rings. The lowest BCUT2D eigenvalue weighted by molar-refractivity contribution is 0.672. The molecular formula is C16H27N3S. The van der Waals surface area contributed by atoms with Crippen molar-refractivity contribution in [1.82, 2.24) is 10.3 Å². The number of nitrogens with zero attached hydrogens (tertiary/aromatic N) is 2. The van der Waals surface area contributed by atoms with Gasteiger partial charge in [0.25, 0.3) is 0 Å². The molecule has 1 atom stereocenters. The zero-order valence-corrected chi connectivity index (χ0v) is 14.2. The molecule has 0 aliphatic heterocycles. The van der Waals surface area contributed by atoms with Gasteiger partial charge in [0.1, 0.15) is 5.82 Å². The Morgan fingerprint density at radius 2 is 2.15 bits per heavy atom. The smallest absolute Gasteiger partial charge is 0.133 e. The SMILES string of the molecule is CSCC(C)N(C)c1nc(C)cc(C)c1CNC1CC1. The number of anilines is 1. The maximum absolute atomic E-state index is 4.81. The molecule has 20 heavy (non-hydrogen) atoms. The second kappa shape index (κ2) is 6.81. The van der Waals surface area contributed by atoms with Gasteiger partial charge in [-0.1, -0.05) is 0 Å². The van der Waals surface area contributed by atoms with E-state index in [2.05, 4.69) is 50.4 Å². The molecule has 0 radical (unpaired) electrons. The average Bonchev–Trinajstić information content (AvgIpc) is 3.20. The molecule has 1 aliphatic rings. The largest absolute Gasteiger partial charge is 0.356 e. The lowest BCUT2D eigenvalue weighted by atomic mass is 10.1. The molecule has 0 amide bonds. The number of nitrogens with one attached hydrogen (secondary N) is 1. The van der Waals surface area contributed by atoms with E-state index >= 15 is 0 Å². The fourth-order valence-electron chi connectivity index (χ4n) is 2.45. The number of aromatic nitrogens is 1. The molecule has 3 nitrogen and oxygen atoms in total. The third-order valence-corrected chi connectivity index (χ3v) is 4.82. The zero-order chi connectivity index (χ0) is 14.7. The number of pyridine rings is 1. The summed E-state index contributed by atoms with van der Waals surface area (Å²) in [5, 5.41) is 3.63. The number of hydrogen-bond acceptors (Lipinski definition) is 4. The molecule has 0 aromatic carbocycles. The van der Waals surface area contributed by atoms with Gasteiger partial charge in [0.05, 0.1) is 0 Å². The predicted octanol–water partition coefficient (Wildman–Crippen LogP) is 3.14. The van der Waals surface area contributed by atoms with Crippen molar-refractivity contribution in [3.8, 4) is 0 Å². The molecule has 0 spiro atoms. The summed E-state index contributed by atoms with van der Waals surface area (Å²) >= 11 is 1.89. The van der Waals surface area contributed by atoms with E-state index in [1.807, 2.05) is 11.8 Å². The van der Waals surface area contributed by atoms with Crippen LogP contribution in [0, 0.1) is 13.8 Å². The monoisotopic (exact) mass is 293 g/mol. The number of rotatable bonds is 7. The molecule has 1 unspecified atom stereocenters. The molecule has 1 saturated carbocycles. The quantitative estimate of drug-likeness (QED) is 0.836. The van der Waals surface area contributed by atoms with Crippen molar-refractivity contribution in [3.05, 3.63) is 22.9 Å². The van der Waals surface area contributed by atoms with Crippen molar-refractivity contribution in [3.63, 3.8) is 0 Å². The lowest BCUT2D eigenvalue weighted by Gasteiger charge is -2.28. The highest BCUT2D eigenvalue weighted by atomic mass is 32.2. The van der Waals surface area contributed by atoms with E-state index in [0.717, 1.165) is 29.9 Å². The fraction of sp³-hybridized carbons (Fsp3) is 0.688. The number of thioether (sulfide) groups is 1. The Bertz CT molecular complexity index is 457. The van der Waals surface area contributed by atoms with E-state index in [9.17, 15) is 0 Å². The minimum atomic E-state index is 0.498. The van der Waals surface area contributed by atoms with Crippen LogP contribution in [0.2, 0.25) is 0 Å². The Kier molecular flexibility index (Phi) is 5.33. The third kappa shape index (κ3) is 3.89. The molecule has 0 bridgehead atoms. The van der Waals surface area contributed by atoms with E-state index in [0.29, 0.717) is 6.04 Å². The summed E-state index contributed by atoms with van der Waals surface area (Å²) in [6.45, 7) is 7.50. The van der Waals surface area contributed by atoms with Gasteiger partial charge in [-0.25, -0.2) is 4.98 Å². The van der Waals surface area contributed by atoms with Gasteiger partial charge in [0.2, 0.25) is 0 Å². The summed E-state index contributed by atoms with van der Waals surface area (Å²) in [6.07, 6.45) is 4.81. The van der Waals surface area contributed by atoms with Crippen LogP contribution < -0.4 is 10.2 Å². The Labute approximate surface area is 127 Å². The van der Waals surface area contributed by atoms with Crippen molar-refractivity contribution in [2.24, 2.45) is 0 Å². The van der Waals surface area contributed by atoms with Crippen molar-refractivity contribution < 1.29 is 0 Å². The van der Waals surface area contributed by atoms with Gasteiger partial charge in [0.15, 0.2) is 0 Å². The highest BCUT2D eigenvalue weighted by Crippen LogP contribution is 2.26. The van der Waals surface area contributed by atoms with E-state index in [1.54, 1.807) is 0 Å². The lowest BCUT2D eigenvalue weighted by Crippen LogP contribution is -2.33. The Balaban J connectivity index is 2.22. The maximum atomic E-state index is 4.81. The first-order valence-corrected chi connectivity index (χ1v) is 8.84. The first-order chi connectivity index (χ1) is 9.52. The normalized spacial score (nSPS) is 16.2. The standard InChI is InChI=1S/C16H27N3S/c1-11-8-12(2)18-16(19(4)13(3)10-20-5)15(11)9-17-14-6-7-14/h8,13-14,17H,6-7,9-10H2,1-5H3. The summed E-state index contributed by atoms with van der Waals surface area (Å²) in [5.74, 6) is 2.28. The van der Waals surface area contributed by atoms with Gasteiger partial charge >= 0.3 is 0 Å². The van der Waals surface area contributed by atoms with Gasteiger partial charge in [-0.3, -0.25) is 0 Å². The predicted molar refractivity (Wildman–Crippen MR) is 89.8 cm³/mol. The Hall–Kier alpha value is -0.740. The van der Waals surface area contributed by atoms with Crippen LogP contribution in [-0.4, -0.2) is 36.1 Å². The van der Waals surface area contributed by atoms with Crippen molar-refractivity contribution in [2.45, 2.75) is 52.2 Å². The van der Waals surface area contributed by atoms with E-state index in [-0.39, 0.29) is 0 Å². The van der Waals surface area contributed by atoms with E-state index in [1.165, 1.54) is 24.0 Å². The van der Waals surface area contributed by atoms with E-state index in [4.69, 9.17) is 4.98 Å². The molecule has 1 aromatic heterocycles. The minimum absolute atomic E-state index is 0.498. The molecule has 1 N–H and O–H groups in total. The van der Waals surface area contributed by atoms with Gasteiger partial charge in [-0.2, -0.15) is 11.8 Å². The summed E-state index contributed by atoms with van der Waals surface area (Å²) in [7, 11) is 2.17. The van der Waals surface area contributed by atoms with Crippen LogP contribution in [0.15, 0.2) is 6.07 Å². The van der Waals surface area contributed by atoms with E-state index < -0.39 is 0 Å². The molecular weight excluding hydrogens is 266 g/mol. The molecule has 2 rings (SSSR count). The van der Waals surface area contributed by atoms with Crippen molar-refractivity contribution >= 4 is 17.6 Å². The zero-order valence-electron chi connectivity index (χ0n) is 13.4. The van der Waals surface area contributed by atoms with Crippen LogP contribution in [0.4, 0.5) is 5.82 Å². The minimum Gasteiger partial charge on any atom is -0.356 e. The molecule has 1 aromatic rings. The fourth-order valence-corrected chi connectivity index (χ4v) is 3.16. The van der Waals surface area contributed by atoms with Crippen LogP contribution >= 0.6 is 11.8 Å². The van der Waals surface area contributed by atoms with Gasteiger partial charge in [-0.05, 0) is 51.5 Å². The van der Waals surface area contributed by atoms with Crippen LogP contribution in [-0.2, 0) is 6.54 Å². The first-order valence-electron chi connectivity index (χ1n) is 7.45. The van der Waals surface area contributed by atoms with Crippen LogP contribution in [0.3, 0.4) is 0 Å². The third-order valence-electron chi connectivity index (χ3n) is 4.00. The molecule has 112 valence electrons. The van der Waals surface area contributed by atoms with Crippen molar-refractivity contribution in [2.75, 3.05) is 24.0 Å². The Morgan fingerprint density at radius 1 is 1.45 bits per heavy atom. The summed E-state index contributed by atoms with van der Waals surface area (Å²) in [4.78, 5) is 7.15. The van der Waals surface area contributed by atoms with Gasteiger partial charge < -0.3 is 10.2 Å². The molecule has 1 aliphatic carbocycles. The van der Waals surface area contributed by atoms with Crippen molar-refractivity contribution in [1.29, 1.82) is 0 Å². The van der Waals surface area contributed by atoms with Crippen LogP contribution in [0.5, 0.6) is 0 Å². The second-order valence-electron chi connectivity index (χ2n) is 5.95. The highest BCUT2D eigenvalue weighted by molar-refractivity contribution is 7.98. The topological polar surface area (TPSA) is 28.2 Å². The molecule has 0 saturated heterocycles. The molecule has 1 heterocycles. The summed E-state index contributed by atoms with van der Waals surface area (Å²) < 4.78 is 0. The van der Waals surface area contributed by atoms with Gasteiger partial charge in [-0.15, -0.1) is 0 Å². The number of aryl methyl sites for hydroxylation is 2. The van der Waals surface area contributed by atoms with Crippen LogP contribution in [0.25, 0.3) is 0 Å². The molecule has 4 heteroatoms. The first kappa shape index (κ1) is 15.6.